The maximum atomic E-state index is 13.2. The Labute approximate surface area is 175 Å². The molecule has 0 spiro atoms. The summed E-state index contributed by atoms with van der Waals surface area (Å²) in [7, 11) is -4.27. The van der Waals surface area contributed by atoms with Crippen molar-refractivity contribution in [1.29, 1.82) is 0 Å². The van der Waals surface area contributed by atoms with Gasteiger partial charge in [-0.15, -0.1) is 0 Å². The van der Waals surface area contributed by atoms with Gasteiger partial charge in [0.15, 0.2) is 0 Å². The van der Waals surface area contributed by atoms with Gasteiger partial charge in [-0.05, 0) is 30.4 Å². The molecule has 0 N–H and O–H groups in total. The highest BCUT2D eigenvalue weighted by atomic mass is 32.2. The van der Waals surface area contributed by atoms with Crippen molar-refractivity contribution in [3.63, 3.8) is 0 Å². The van der Waals surface area contributed by atoms with Gasteiger partial charge in [0.25, 0.3) is 0 Å². The lowest BCUT2D eigenvalue weighted by Crippen LogP contribution is -2.53. The molecule has 6 nitrogen and oxygen atoms in total. The summed E-state index contributed by atoms with van der Waals surface area (Å²) in [5.74, 6) is 0.925. The van der Waals surface area contributed by atoms with Gasteiger partial charge in [0, 0.05) is 39.3 Å². The first-order chi connectivity index (χ1) is 14.0. The Morgan fingerprint density at radius 3 is 2.17 bits per heavy atom. The Hall–Kier alpha value is -1.65. The Balaban J connectivity index is 1.62. The van der Waals surface area contributed by atoms with E-state index in [1.165, 1.54) is 12.1 Å². The minimum atomic E-state index is -4.75. The lowest BCUT2D eigenvalue weighted by Gasteiger charge is -2.38. The molecule has 1 aromatic carbocycles. The van der Waals surface area contributed by atoms with Gasteiger partial charge in [0.2, 0.25) is 15.9 Å². The molecule has 2 aliphatic rings. The summed E-state index contributed by atoms with van der Waals surface area (Å²) in [6.07, 6.45) is -3.65. The predicted molar refractivity (Wildman–Crippen MR) is 106 cm³/mol. The van der Waals surface area contributed by atoms with Crippen LogP contribution in [-0.4, -0.2) is 74.2 Å². The highest BCUT2D eigenvalue weighted by molar-refractivity contribution is 7.89. The minimum Gasteiger partial charge on any atom is -0.341 e. The van der Waals surface area contributed by atoms with E-state index in [-0.39, 0.29) is 25.5 Å². The molecule has 2 heterocycles. The largest absolute Gasteiger partial charge is 0.417 e. The summed E-state index contributed by atoms with van der Waals surface area (Å²) < 4.78 is 66.5. The first-order valence-corrected chi connectivity index (χ1v) is 11.6. The van der Waals surface area contributed by atoms with E-state index in [1.807, 2.05) is 9.80 Å². The number of rotatable bonds is 4. The monoisotopic (exact) mass is 447 g/mol. The molecular weight excluding hydrogens is 419 g/mol. The average Bonchev–Trinajstić information content (AvgIpc) is 2.67. The number of carbonyl (C=O) groups is 1. The zero-order valence-electron chi connectivity index (χ0n) is 17.2. The Bertz CT molecular complexity index is 858. The van der Waals surface area contributed by atoms with Crippen LogP contribution >= 0.6 is 0 Å². The molecule has 2 aliphatic heterocycles. The predicted octanol–water partition coefficient (Wildman–Crippen LogP) is 2.52. The number of hydrogen-bond acceptors (Lipinski definition) is 4. The van der Waals surface area contributed by atoms with E-state index in [4.69, 9.17) is 0 Å². The third kappa shape index (κ3) is 5.15. The van der Waals surface area contributed by atoms with Crippen LogP contribution in [0.2, 0.25) is 0 Å². The molecule has 168 valence electrons. The van der Waals surface area contributed by atoms with Crippen LogP contribution in [-0.2, 0) is 21.0 Å². The fourth-order valence-electron chi connectivity index (χ4n) is 4.35. The van der Waals surface area contributed by atoms with E-state index in [2.05, 4.69) is 13.8 Å². The van der Waals surface area contributed by atoms with Crippen molar-refractivity contribution in [2.45, 2.75) is 31.3 Å². The summed E-state index contributed by atoms with van der Waals surface area (Å²) in [4.78, 5) is 15.6. The highest BCUT2D eigenvalue weighted by Crippen LogP contribution is 2.35. The van der Waals surface area contributed by atoms with E-state index in [0.29, 0.717) is 24.9 Å². The fourth-order valence-corrected chi connectivity index (χ4v) is 5.99. The third-order valence-corrected chi connectivity index (χ3v) is 7.68. The first kappa shape index (κ1) is 23.0. The van der Waals surface area contributed by atoms with Crippen LogP contribution in [0.5, 0.6) is 0 Å². The number of alkyl halides is 3. The number of benzene rings is 1. The Kier molecular flexibility index (Phi) is 6.78. The molecule has 2 saturated heterocycles. The average molecular weight is 448 g/mol. The number of piperidine rings is 1. The van der Waals surface area contributed by atoms with Gasteiger partial charge in [-0.25, -0.2) is 8.42 Å². The Morgan fingerprint density at radius 1 is 1.03 bits per heavy atom. The van der Waals surface area contributed by atoms with Crippen LogP contribution in [0.1, 0.15) is 25.8 Å². The zero-order chi connectivity index (χ0) is 22.1. The smallest absolute Gasteiger partial charge is 0.341 e. The summed E-state index contributed by atoms with van der Waals surface area (Å²) in [6.45, 7) is 6.61. The molecule has 0 bridgehead atoms. The van der Waals surface area contributed by atoms with Crippen LogP contribution < -0.4 is 0 Å². The lowest BCUT2D eigenvalue weighted by molar-refractivity contribution is -0.140. The molecule has 2 fully saturated rings. The second-order valence-electron chi connectivity index (χ2n) is 8.42. The van der Waals surface area contributed by atoms with Gasteiger partial charge in [-0.3, -0.25) is 9.69 Å². The minimum absolute atomic E-state index is 0.0205. The van der Waals surface area contributed by atoms with Crippen molar-refractivity contribution in [3.05, 3.63) is 29.8 Å². The molecule has 1 amide bonds. The topological polar surface area (TPSA) is 60.9 Å². The van der Waals surface area contributed by atoms with Gasteiger partial charge in [0.1, 0.15) is 0 Å². The molecule has 3 rings (SSSR count). The molecule has 2 atom stereocenters. The van der Waals surface area contributed by atoms with Crippen molar-refractivity contribution in [2.24, 2.45) is 11.8 Å². The van der Waals surface area contributed by atoms with Gasteiger partial charge >= 0.3 is 6.18 Å². The number of amides is 1. The van der Waals surface area contributed by atoms with Crippen molar-refractivity contribution in [1.82, 2.24) is 14.1 Å². The lowest BCUT2D eigenvalue weighted by atomic mass is 9.92. The van der Waals surface area contributed by atoms with E-state index in [1.54, 1.807) is 0 Å². The van der Waals surface area contributed by atoms with Crippen LogP contribution in [0.25, 0.3) is 0 Å². The van der Waals surface area contributed by atoms with Gasteiger partial charge in [-0.1, -0.05) is 26.0 Å². The molecule has 0 aliphatic carbocycles. The van der Waals surface area contributed by atoms with Crippen molar-refractivity contribution in [3.8, 4) is 0 Å². The van der Waals surface area contributed by atoms with Gasteiger partial charge < -0.3 is 4.90 Å². The zero-order valence-corrected chi connectivity index (χ0v) is 18.0. The SMILES string of the molecule is CC1CC(C)CN(C(=O)CN2CCN(S(=O)(=O)c3ccccc3C(F)(F)F)CC2)C1. The van der Waals surface area contributed by atoms with E-state index in [9.17, 15) is 26.4 Å². The maximum Gasteiger partial charge on any atom is 0.417 e. The molecule has 0 aromatic heterocycles. The number of piperazine rings is 1. The van der Waals surface area contributed by atoms with Crippen LogP contribution in [0.4, 0.5) is 13.2 Å². The fraction of sp³-hybridized carbons (Fsp3) is 0.650. The van der Waals surface area contributed by atoms with E-state index < -0.39 is 26.7 Å². The number of hydrogen-bond donors (Lipinski definition) is 0. The summed E-state index contributed by atoms with van der Waals surface area (Å²) >= 11 is 0. The Morgan fingerprint density at radius 2 is 1.60 bits per heavy atom. The van der Waals surface area contributed by atoms with Gasteiger partial charge in [-0.2, -0.15) is 17.5 Å². The molecule has 30 heavy (non-hydrogen) atoms. The number of nitrogens with zero attached hydrogens (tertiary/aromatic N) is 3. The van der Waals surface area contributed by atoms with Crippen molar-refractivity contribution in [2.75, 3.05) is 45.8 Å². The summed E-state index contributed by atoms with van der Waals surface area (Å²) in [6, 6.07) is 4.24. The van der Waals surface area contributed by atoms with Crippen LogP contribution in [0, 0.1) is 11.8 Å². The molecular formula is C20H28F3N3O3S. The second-order valence-corrected chi connectivity index (χ2v) is 10.3. The second kappa shape index (κ2) is 8.84. The number of halogens is 3. The summed E-state index contributed by atoms with van der Waals surface area (Å²) in [5, 5.41) is 0. The number of sulfonamides is 1. The number of likely N-dealkylation sites (tertiary alicyclic amines) is 1. The van der Waals surface area contributed by atoms with Crippen LogP contribution in [0.3, 0.4) is 0 Å². The van der Waals surface area contributed by atoms with Crippen molar-refractivity contribution >= 4 is 15.9 Å². The van der Waals surface area contributed by atoms with E-state index >= 15 is 0 Å². The quantitative estimate of drug-likeness (QED) is 0.712. The molecule has 0 saturated carbocycles. The molecule has 0 radical (unpaired) electrons. The van der Waals surface area contributed by atoms with Gasteiger partial charge in [0.05, 0.1) is 17.0 Å². The molecule has 2 unspecified atom stereocenters. The third-order valence-electron chi connectivity index (χ3n) is 5.72. The normalized spacial score (nSPS) is 24.8. The number of carbonyl (C=O) groups excluding carboxylic acids is 1. The first-order valence-electron chi connectivity index (χ1n) is 10.1. The molecule has 1 aromatic rings. The van der Waals surface area contributed by atoms with Crippen LogP contribution in [0.15, 0.2) is 29.2 Å². The van der Waals surface area contributed by atoms with E-state index in [0.717, 1.165) is 35.9 Å². The highest BCUT2D eigenvalue weighted by Gasteiger charge is 2.39. The summed E-state index contributed by atoms with van der Waals surface area (Å²) in [5.41, 5.74) is -1.16. The standard InChI is InChI=1S/C20H28F3N3O3S/c1-15-11-16(2)13-25(12-15)19(27)14-24-7-9-26(10-8-24)30(28,29)18-6-4-3-5-17(18)20(21,22)23/h3-6,15-16H,7-14H2,1-2H3. The maximum absolute atomic E-state index is 13.2. The molecule has 10 heteroatoms. The van der Waals surface area contributed by atoms with Crippen molar-refractivity contribution < 1.29 is 26.4 Å².